The van der Waals surface area contributed by atoms with Crippen molar-refractivity contribution < 1.29 is 4.79 Å². The number of hydrogen-bond acceptors (Lipinski definition) is 3. The number of carbonyl (C=O) groups excluding carboxylic acids is 1. The molecule has 1 aromatic rings. The van der Waals surface area contributed by atoms with E-state index in [1.54, 1.807) is 11.3 Å². The van der Waals surface area contributed by atoms with Crippen LogP contribution >= 0.6 is 11.3 Å². The molecule has 1 aliphatic heterocycles. The van der Waals surface area contributed by atoms with Gasteiger partial charge >= 0.3 is 0 Å². The molecule has 0 spiro atoms. The van der Waals surface area contributed by atoms with E-state index >= 15 is 0 Å². The number of rotatable bonds is 5. The van der Waals surface area contributed by atoms with Gasteiger partial charge in [-0.05, 0) is 43.7 Å². The molecule has 4 heteroatoms. The van der Waals surface area contributed by atoms with E-state index in [0.717, 1.165) is 19.4 Å². The van der Waals surface area contributed by atoms with Gasteiger partial charge in [0.1, 0.15) is 6.17 Å². The second-order valence-electron chi connectivity index (χ2n) is 6.99. The third kappa shape index (κ3) is 2.88. The van der Waals surface area contributed by atoms with E-state index in [9.17, 15) is 4.79 Å². The van der Waals surface area contributed by atoms with Crippen LogP contribution in [0.4, 0.5) is 0 Å². The van der Waals surface area contributed by atoms with Gasteiger partial charge in [0.05, 0.1) is 6.04 Å². The highest BCUT2D eigenvalue weighted by Crippen LogP contribution is 2.43. The Kier molecular flexibility index (Phi) is 4.10. The molecule has 116 valence electrons. The highest BCUT2D eigenvalue weighted by atomic mass is 32.1. The molecule has 1 aliphatic carbocycles. The van der Waals surface area contributed by atoms with Gasteiger partial charge in [0, 0.05) is 16.3 Å². The number of nitrogens with one attached hydrogen (secondary N) is 1. The molecule has 1 saturated heterocycles. The van der Waals surface area contributed by atoms with Gasteiger partial charge in [0.15, 0.2) is 0 Å². The quantitative estimate of drug-likeness (QED) is 0.896. The van der Waals surface area contributed by atoms with E-state index in [0.29, 0.717) is 11.3 Å². The number of thiophene rings is 1. The Balaban J connectivity index is 1.82. The lowest BCUT2D eigenvalue weighted by molar-refractivity contribution is -0.132. The Labute approximate surface area is 131 Å². The maximum atomic E-state index is 12.8. The smallest absolute Gasteiger partial charge is 0.241 e. The average Bonchev–Trinajstić information content (AvgIpc) is 2.96. The maximum absolute atomic E-state index is 12.8. The molecule has 2 fully saturated rings. The Morgan fingerprint density at radius 2 is 2.19 bits per heavy atom. The van der Waals surface area contributed by atoms with Crippen LogP contribution in [0, 0.1) is 12.3 Å². The summed E-state index contributed by atoms with van der Waals surface area (Å²) in [7, 11) is 0. The Morgan fingerprint density at radius 1 is 1.43 bits per heavy atom. The molecule has 0 radical (unpaired) electrons. The number of nitrogens with zero attached hydrogens (tertiary/aromatic N) is 1. The van der Waals surface area contributed by atoms with Gasteiger partial charge in [0.25, 0.3) is 0 Å². The molecule has 2 aliphatic rings. The molecule has 3 rings (SSSR count). The predicted octanol–water partition coefficient (Wildman–Crippen LogP) is 3.85. The highest BCUT2D eigenvalue weighted by molar-refractivity contribution is 7.12. The van der Waals surface area contributed by atoms with Gasteiger partial charge < -0.3 is 4.90 Å². The molecule has 1 amide bonds. The molecule has 0 bridgehead atoms. The minimum Gasteiger partial charge on any atom is -0.320 e. The first-order valence-electron chi connectivity index (χ1n) is 8.15. The monoisotopic (exact) mass is 306 g/mol. The largest absolute Gasteiger partial charge is 0.320 e. The van der Waals surface area contributed by atoms with Gasteiger partial charge in [-0.3, -0.25) is 10.1 Å². The van der Waals surface area contributed by atoms with Crippen LogP contribution in [-0.4, -0.2) is 23.4 Å². The lowest BCUT2D eigenvalue weighted by Crippen LogP contribution is -2.43. The Morgan fingerprint density at radius 3 is 2.71 bits per heavy atom. The fourth-order valence-corrected chi connectivity index (χ4v) is 4.48. The summed E-state index contributed by atoms with van der Waals surface area (Å²) in [6, 6.07) is 4.34. The molecule has 21 heavy (non-hydrogen) atoms. The van der Waals surface area contributed by atoms with Crippen molar-refractivity contribution in [1.29, 1.82) is 0 Å². The first-order valence-corrected chi connectivity index (χ1v) is 8.97. The number of aryl methyl sites for hydroxylation is 1. The maximum Gasteiger partial charge on any atom is 0.241 e. The van der Waals surface area contributed by atoms with Crippen LogP contribution in [0.25, 0.3) is 0 Å². The van der Waals surface area contributed by atoms with E-state index in [2.05, 4.69) is 43.1 Å². The fourth-order valence-electron chi connectivity index (χ4n) is 3.53. The first kappa shape index (κ1) is 15.0. The van der Waals surface area contributed by atoms with E-state index in [1.807, 2.05) is 0 Å². The molecule has 0 aromatic carbocycles. The zero-order valence-electron chi connectivity index (χ0n) is 13.3. The van der Waals surface area contributed by atoms with E-state index in [-0.39, 0.29) is 12.2 Å². The van der Waals surface area contributed by atoms with E-state index in [4.69, 9.17) is 0 Å². The summed E-state index contributed by atoms with van der Waals surface area (Å²) in [6.45, 7) is 7.51. The fraction of sp³-hybridized carbons (Fsp3) is 0.706. The van der Waals surface area contributed by atoms with Crippen molar-refractivity contribution >= 4 is 17.2 Å². The molecule has 2 atom stereocenters. The van der Waals surface area contributed by atoms with Crippen molar-refractivity contribution in [3.63, 3.8) is 0 Å². The van der Waals surface area contributed by atoms with Crippen LogP contribution < -0.4 is 5.32 Å². The van der Waals surface area contributed by atoms with Gasteiger partial charge in [-0.15, -0.1) is 11.3 Å². The van der Waals surface area contributed by atoms with Crippen molar-refractivity contribution in [1.82, 2.24) is 10.2 Å². The summed E-state index contributed by atoms with van der Waals surface area (Å²) >= 11 is 1.81. The van der Waals surface area contributed by atoms with Crippen LogP contribution in [0.2, 0.25) is 0 Å². The normalized spacial score (nSPS) is 28.0. The van der Waals surface area contributed by atoms with Crippen molar-refractivity contribution in [2.75, 3.05) is 6.54 Å². The standard InChI is InChI=1S/C17H26N2OS/c1-4-6-13-16(20)19(11-17(3)9-5-10-17)15(18-13)14-8-7-12(2)21-14/h7-8,13,15,18H,4-6,9-11H2,1-3H3. The van der Waals surface area contributed by atoms with Crippen molar-refractivity contribution in [2.45, 2.75) is 65.1 Å². The topological polar surface area (TPSA) is 32.3 Å². The van der Waals surface area contributed by atoms with Crippen molar-refractivity contribution in [3.8, 4) is 0 Å². The molecule has 3 nitrogen and oxygen atoms in total. The summed E-state index contributed by atoms with van der Waals surface area (Å²) in [5, 5.41) is 3.58. The lowest BCUT2D eigenvalue weighted by atomic mass is 9.70. The minimum absolute atomic E-state index is 0.00563. The van der Waals surface area contributed by atoms with Gasteiger partial charge in [-0.1, -0.05) is 26.7 Å². The average molecular weight is 306 g/mol. The zero-order valence-corrected chi connectivity index (χ0v) is 14.1. The molecule has 1 N–H and O–H groups in total. The van der Waals surface area contributed by atoms with E-state index in [1.165, 1.54) is 29.0 Å². The number of carbonyl (C=O) groups is 1. The van der Waals surface area contributed by atoms with Crippen molar-refractivity contribution in [3.05, 3.63) is 21.9 Å². The minimum atomic E-state index is 0.00563. The van der Waals surface area contributed by atoms with Crippen LogP contribution in [0.3, 0.4) is 0 Å². The van der Waals surface area contributed by atoms with E-state index < -0.39 is 0 Å². The molecule has 2 heterocycles. The van der Waals surface area contributed by atoms with Crippen LogP contribution in [0.15, 0.2) is 12.1 Å². The Hall–Kier alpha value is -0.870. The summed E-state index contributed by atoms with van der Waals surface area (Å²) in [4.78, 5) is 17.5. The molecule has 1 saturated carbocycles. The summed E-state index contributed by atoms with van der Waals surface area (Å²) in [6.07, 6.45) is 5.90. The van der Waals surface area contributed by atoms with Crippen LogP contribution in [0.5, 0.6) is 0 Å². The molecular weight excluding hydrogens is 280 g/mol. The molecule has 1 aromatic heterocycles. The zero-order chi connectivity index (χ0) is 15.0. The summed E-state index contributed by atoms with van der Waals surface area (Å²) in [5.74, 6) is 0.307. The molecular formula is C17H26N2OS. The van der Waals surface area contributed by atoms with Gasteiger partial charge in [-0.2, -0.15) is 0 Å². The lowest BCUT2D eigenvalue weighted by Gasteiger charge is -2.42. The number of amides is 1. The predicted molar refractivity (Wildman–Crippen MR) is 87.3 cm³/mol. The first-order chi connectivity index (χ1) is 10.0. The van der Waals surface area contributed by atoms with Gasteiger partial charge in [-0.25, -0.2) is 0 Å². The number of hydrogen-bond donors (Lipinski definition) is 1. The summed E-state index contributed by atoms with van der Waals surface area (Å²) in [5.41, 5.74) is 0.336. The van der Waals surface area contributed by atoms with Crippen molar-refractivity contribution in [2.24, 2.45) is 5.41 Å². The van der Waals surface area contributed by atoms with Gasteiger partial charge in [0.2, 0.25) is 5.91 Å². The molecule has 2 unspecified atom stereocenters. The van der Waals surface area contributed by atoms with Crippen LogP contribution in [0.1, 0.15) is 61.9 Å². The second kappa shape index (κ2) is 5.73. The second-order valence-corrected chi connectivity index (χ2v) is 8.31. The third-order valence-corrected chi connectivity index (χ3v) is 6.03. The third-order valence-electron chi connectivity index (χ3n) is 4.97. The highest BCUT2D eigenvalue weighted by Gasteiger charge is 2.44. The Bertz CT molecular complexity index is 521. The summed E-state index contributed by atoms with van der Waals surface area (Å²) < 4.78 is 0. The SMILES string of the molecule is CCCC1NC(c2ccc(C)s2)N(CC2(C)CCC2)C1=O. The van der Waals surface area contributed by atoms with Crippen LogP contribution in [-0.2, 0) is 4.79 Å².